The van der Waals surface area contributed by atoms with E-state index in [1.807, 2.05) is 32.8 Å². The molecule has 0 aliphatic heterocycles. The van der Waals surface area contributed by atoms with E-state index in [0.717, 1.165) is 6.42 Å². The molecule has 13 heavy (non-hydrogen) atoms. The van der Waals surface area contributed by atoms with Crippen molar-refractivity contribution in [1.29, 1.82) is 0 Å². The number of carbonyl (C=O) groups excluding carboxylic acids is 1. The smallest absolute Gasteiger partial charge is 0.153 e. The number of rotatable bonds is 5. The van der Waals surface area contributed by atoms with Crippen LogP contribution in [-0.2, 0) is 4.79 Å². The molecule has 0 heterocycles. The fourth-order valence-corrected chi connectivity index (χ4v) is 1.22. The molecule has 0 radical (unpaired) electrons. The maximum atomic E-state index is 11.8. The van der Waals surface area contributed by atoms with Gasteiger partial charge in [0.25, 0.3) is 0 Å². The largest absolute Gasteiger partial charge is 0.298 e. The lowest BCUT2D eigenvalue weighted by atomic mass is 9.89. The summed E-state index contributed by atoms with van der Waals surface area (Å²) < 4.78 is 0. The Hall–Kier alpha value is -0.810. The van der Waals surface area contributed by atoms with Crippen LogP contribution in [-0.4, -0.2) is 30.3 Å². The van der Waals surface area contributed by atoms with Crippen molar-refractivity contribution in [3.63, 3.8) is 0 Å². The third kappa shape index (κ3) is 2.86. The van der Waals surface area contributed by atoms with Gasteiger partial charge in [-0.25, -0.2) is 0 Å². The van der Waals surface area contributed by atoms with Crippen LogP contribution in [0, 0.1) is 12.3 Å². The normalized spacial score (nSPS) is 15.1. The molecule has 0 spiro atoms. The van der Waals surface area contributed by atoms with E-state index in [1.165, 1.54) is 0 Å². The molecule has 0 amide bonds. The molecule has 0 saturated carbocycles. The highest BCUT2D eigenvalue weighted by atomic mass is 16.1. The molecular weight excluding hydrogens is 162 g/mol. The fourth-order valence-electron chi connectivity index (χ4n) is 1.22. The van der Waals surface area contributed by atoms with Crippen LogP contribution in [0.4, 0.5) is 0 Å². The summed E-state index contributed by atoms with van der Waals surface area (Å²) in [4.78, 5) is 13.7. The predicted molar refractivity (Wildman–Crippen MR) is 55.5 cm³/mol. The highest BCUT2D eigenvalue weighted by Gasteiger charge is 2.32. The fraction of sp³-hybridized carbons (Fsp3) is 0.727. The third-order valence-corrected chi connectivity index (χ3v) is 2.77. The molecule has 74 valence electrons. The van der Waals surface area contributed by atoms with Crippen LogP contribution in [0.1, 0.15) is 33.1 Å². The number of hydrogen-bond donors (Lipinski definition) is 0. The van der Waals surface area contributed by atoms with E-state index in [9.17, 15) is 4.79 Å². The minimum atomic E-state index is -0.350. The molecule has 1 atom stereocenters. The molecule has 2 heteroatoms. The van der Waals surface area contributed by atoms with Gasteiger partial charge in [-0.2, -0.15) is 0 Å². The first kappa shape index (κ1) is 12.2. The van der Waals surface area contributed by atoms with E-state index in [1.54, 1.807) is 0 Å². The molecule has 0 aromatic heterocycles. The number of ketones is 1. The third-order valence-electron chi connectivity index (χ3n) is 2.77. The number of nitrogens with zero attached hydrogens (tertiary/aromatic N) is 1. The zero-order valence-corrected chi connectivity index (χ0v) is 9.05. The minimum absolute atomic E-state index is 0.234. The van der Waals surface area contributed by atoms with Gasteiger partial charge in [-0.1, -0.05) is 6.92 Å². The average Bonchev–Trinajstić information content (AvgIpc) is 2.12. The Labute approximate surface area is 81.3 Å². The van der Waals surface area contributed by atoms with Crippen LogP contribution in [0.5, 0.6) is 0 Å². The van der Waals surface area contributed by atoms with Gasteiger partial charge in [-0.05, 0) is 27.4 Å². The lowest BCUT2D eigenvalue weighted by Gasteiger charge is -2.33. The second-order valence-electron chi connectivity index (χ2n) is 3.65. The Morgan fingerprint density at radius 2 is 2.08 bits per heavy atom. The van der Waals surface area contributed by atoms with E-state index in [2.05, 4.69) is 5.92 Å². The number of hydrogen-bond acceptors (Lipinski definition) is 2. The van der Waals surface area contributed by atoms with Crippen molar-refractivity contribution in [3.05, 3.63) is 0 Å². The van der Waals surface area contributed by atoms with Crippen LogP contribution >= 0.6 is 0 Å². The molecule has 0 saturated heterocycles. The molecule has 0 aliphatic rings. The zero-order valence-electron chi connectivity index (χ0n) is 9.05. The molecule has 0 aromatic rings. The van der Waals surface area contributed by atoms with E-state index < -0.39 is 0 Å². The number of carbonyl (C=O) groups is 1. The SMILES string of the molecule is C#CCCC(=O)C(C)(CC)N(C)C. The van der Waals surface area contributed by atoms with Crippen molar-refractivity contribution in [2.75, 3.05) is 14.1 Å². The Morgan fingerprint density at radius 1 is 1.54 bits per heavy atom. The van der Waals surface area contributed by atoms with Crippen LogP contribution in [0.3, 0.4) is 0 Å². The molecule has 2 nitrogen and oxygen atoms in total. The molecule has 1 unspecified atom stereocenters. The summed E-state index contributed by atoms with van der Waals surface area (Å²) in [5.41, 5.74) is -0.350. The molecule has 0 N–H and O–H groups in total. The highest BCUT2D eigenvalue weighted by Crippen LogP contribution is 2.19. The Bertz CT molecular complexity index is 215. The van der Waals surface area contributed by atoms with Gasteiger partial charge in [-0.3, -0.25) is 9.69 Å². The quantitative estimate of drug-likeness (QED) is 0.602. The highest BCUT2D eigenvalue weighted by molar-refractivity contribution is 5.88. The summed E-state index contributed by atoms with van der Waals surface area (Å²) in [5.74, 6) is 2.73. The van der Waals surface area contributed by atoms with Crippen LogP contribution < -0.4 is 0 Å². The Balaban J connectivity index is 4.41. The van der Waals surface area contributed by atoms with Gasteiger partial charge in [0.15, 0.2) is 5.78 Å². The van der Waals surface area contributed by atoms with Gasteiger partial charge in [0.2, 0.25) is 0 Å². The van der Waals surface area contributed by atoms with Crippen LogP contribution in [0.15, 0.2) is 0 Å². The average molecular weight is 181 g/mol. The van der Waals surface area contributed by atoms with Crippen molar-refractivity contribution in [2.45, 2.75) is 38.6 Å². The first-order chi connectivity index (χ1) is 5.99. The van der Waals surface area contributed by atoms with Gasteiger partial charge >= 0.3 is 0 Å². The molecule has 0 rings (SSSR count). The lowest BCUT2D eigenvalue weighted by molar-refractivity contribution is -0.129. The van der Waals surface area contributed by atoms with E-state index in [-0.39, 0.29) is 11.3 Å². The monoisotopic (exact) mass is 181 g/mol. The first-order valence-electron chi connectivity index (χ1n) is 4.63. The van der Waals surface area contributed by atoms with Gasteiger partial charge in [0, 0.05) is 12.8 Å². The summed E-state index contributed by atoms with van der Waals surface area (Å²) in [6.45, 7) is 3.99. The summed E-state index contributed by atoms with van der Waals surface area (Å²) in [7, 11) is 3.86. The van der Waals surface area contributed by atoms with Gasteiger partial charge in [-0.15, -0.1) is 12.3 Å². The van der Waals surface area contributed by atoms with E-state index in [0.29, 0.717) is 12.8 Å². The summed E-state index contributed by atoms with van der Waals surface area (Å²) in [6.07, 6.45) is 6.97. The second kappa shape index (κ2) is 5.04. The second-order valence-corrected chi connectivity index (χ2v) is 3.65. The van der Waals surface area contributed by atoms with Crippen LogP contribution in [0.2, 0.25) is 0 Å². The lowest BCUT2D eigenvalue weighted by Crippen LogP contribution is -2.47. The van der Waals surface area contributed by atoms with Crippen molar-refractivity contribution in [3.8, 4) is 12.3 Å². The number of likely N-dealkylation sites (N-methyl/N-ethyl adjacent to an activating group) is 1. The van der Waals surface area contributed by atoms with Crippen molar-refractivity contribution in [2.24, 2.45) is 0 Å². The van der Waals surface area contributed by atoms with Crippen molar-refractivity contribution < 1.29 is 4.79 Å². The maximum absolute atomic E-state index is 11.8. The molecule has 0 fully saturated rings. The topological polar surface area (TPSA) is 20.3 Å². The molecule has 0 aliphatic carbocycles. The number of terminal acetylenes is 1. The molecule has 0 bridgehead atoms. The molecular formula is C11H19NO. The molecule has 0 aromatic carbocycles. The van der Waals surface area contributed by atoms with Gasteiger partial charge in [0.1, 0.15) is 0 Å². The van der Waals surface area contributed by atoms with Gasteiger partial charge in [0.05, 0.1) is 5.54 Å². The van der Waals surface area contributed by atoms with E-state index in [4.69, 9.17) is 6.42 Å². The zero-order chi connectivity index (χ0) is 10.5. The van der Waals surface area contributed by atoms with E-state index >= 15 is 0 Å². The standard InChI is InChI=1S/C11H19NO/c1-6-8-9-10(13)11(3,7-2)12(4)5/h1H,7-9H2,2-5H3. The Morgan fingerprint density at radius 3 is 2.38 bits per heavy atom. The number of Topliss-reactive ketones (excluding diaryl/α,β-unsaturated/α-hetero) is 1. The van der Waals surface area contributed by atoms with Crippen molar-refractivity contribution in [1.82, 2.24) is 4.90 Å². The van der Waals surface area contributed by atoms with Crippen LogP contribution in [0.25, 0.3) is 0 Å². The summed E-state index contributed by atoms with van der Waals surface area (Å²) >= 11 is 0. The predicted octanol–water partition coefficient (Wildman–Crippen LogP) is 1.70. The minimum Gasteiger partial charge on any atom is -0.298 e. The summed E-state index contributed by atoms with van der Waals surface area (Å²) in [6, 6.07) is 0. The van der Waals surface area contributed by atoms with Gasteiger partial charge < -0.3 is 0 Å². The first-order valence-corrected chi connectivity index (χ1v) is 4.63. The van der Waals surface area contributed by atoms with Crippen molar-refractivity contribution >= 4 is 5.78 Å². The summed E-state index contributed by atoms with van der Waals surface area (Å²) in [5, 5.41) is 0. The maximum Gasteiger partial charge on any atom is 0.153 e. The Kier molecular flexibility index (Phi) is 4.72.